The maximum Gasteiger partial charge on any atom is 0.255 e. The van der Waals surface area contributed by atoms with E-state index in [9.17, 15) is 19.2 Å². The van der Waals surface area contributed by atoms with Crippen LogP contribution in [0.2, 0.25) is 0 Å². The fourth-order valence-corrected chi connectivity index (χ4v) is 3.16. The maximum absolute atomic E-state index is 12.7. The molecular formula is C26H26N4O6. The molecule has 0 fully saturated rings. The van der Waals surface area contributed by atoms with Crippen molar-refractivity contribution in [3.63, 3.8) is 0 Å². The Morgan fingerprint density at radius 1 is 0.528 bits per heavy atom. The van der Waals surface area contributed by atoms with Crippen LogP contribution in [0.3, 0.4) is 0 Å². The van der Waals surface area contributed by atoms with Crippen molar-refractivity contribution in [2.24, 2.45) is 0 Å². The number of aliphatic hydroxyl groups excluding tert-OH is 2. The van der Waals surface area contributed by atoms with Gasteiger partial charge in [-0.2, -0.15) is 0 Å². The minimum Gasteiger partial charge on any atom is -0.395 e. The zero-order chi connectivity index (χ0) is 25.9. The van der Waals surface area contributed by atoms with Gasteiger partial charge in [-0.15, -0.1) is 0 Å². The van der Waals surface area contributed by atoms with Crippen LogP contribution in [-0.2, 0) is 0 Å². The van der Waals surface area contributed by atoms with Gasteiger partial charge < -0.3 is 31.5 Å². The summed E-state index contributed by atoms with van der Waals surface area (Å²) in [5, 5.41) is 28.1. The van der Waals surface area contributed by atoms with E-state index < -0.39 is 11.8 Å². The summed E-state index contributed by atoms with van der Waals surface area (Å²) in [6.07, 6.45) is 0. The highest BCUT2D eigenvalue weighted by Gasteiger charge is 2.13. The van der Waals surface area contributed by atoms with Crippen LogP contribution in [0.15, 0.2) is 72.8 Å². The number of anilines is 2. The molecule has 0 spiro atoms. The number of carbonyl (C=O) groups excluding carboxylic acids is 4. The number of aliphatic hydroxyl groups is 2. The van der Waals surface area contributed by atoms with Gasteiger partial charge in [-0.3, -0.25) is 19.2 Å². The van der Waals surface area contributed by atoms with Gasteiger partial charge in [-0.1, -0.05) is 6.07 Å². The fraction of sp³-hybridized carbons (Fsp3) is 0.154. The van der Waals surface area contributed by atoms with Gasteiger partial charge >= 0.3 is 0 Å². The molecular weight excluding hydrogens is 464 g/mol. The lowest BCUT2D eigenvalue weighted by Crippen LogP contribution is -2.26. The second kappa shape index (κ2) is 12.8. The van der Waals surface area contributed by atoms with E-state index in [0.29, 0.717) is 22.5 Å². The fourth-order valence-electron chi connectivity index (χ4n) is 3.16. The highest BCUT2D eigenvalue weighted by Crippen LogP contribution is 2.15. The summed E-state index contributed by atoms with van der Waals surface area (Å²) in [5.74, 6) is -1.53. The van der Waals surface area contributed by atoms with E-state index in [0.717, 1.165) is 0 Å². The Balaban J connectivity index is 1.61. The van der Waals surface area contributed by atoms with Crippen molar-refractivity contribution in [3.8, 4) is 0 Å². The Morgan fingerprint density at radius 2 is 0.917 bits per heavy atom. The molecule has 0 aromatic heterocycles. The Morgan fingerprint density at radius 3 is 1.28 bits per heavy atom. The SMILES string of the molecule is O=C(NCCO)c1ccc(NC(=O)c2cccc(C(=O)Nc3ccc(C(=O)NCCO)cc3)c2)cc1. The molecule has 186 valence electrons. The first-order valence-electron chi connectivity index (χ1n) is 11.1. The number of rotatable bonds is 10. The summed E-state index contributed by atoms with van der Waals surface area (Å²) < 4.78 is 0. The van der Waals surface area contributed by atoms with Crippen molar-refractivity contribution in [3.05, 3.63) is 95.1 Å². The summed E-state index contributed by atoms with van der Waals surface area (Å²) in [4.78, 5) is 49.2. The molecule has 0 heterocycles. The number of hydrogen-bond acceptors (Lipinski definition) is 6. The van der Waals surface area contributed by atoms with Crippen LogP contribution < -0.4 is 21.3 Å². The minimum absolute atomic E-state index is 0.148. The minimum atomic E-state index is -0.430. The van der Waals surface area contributed by atoms with E-state index in [1.54, 1.807) is 66.7 Å². The van der Waals surface area contributed by atoms with Crippen molar-refractivity contribution in [2.75, 3.05) is 36.9 Å². The molecule has 0 unspecified atom stereocenters. The van der Waals surface area contributed by atoms with E-state index in [2.05, 4.69) is 21.3 Å². The quantitative estimate of drug-likeness (QED) is 0.254. The topological polar surface area (TPSA) is 157 Å². The molecule has 0 bridgehead atoms. The van der Waals surface area contributed by atoms with Crippen LogP contribution >= 0.6 is 0 Å². The largest absolute Gasteiger partial charge is 0.395 e. The molecule has 36 heavy (non-hydrogen) atoms. The van der Waals surface area contributed by atoms with Gasteiger partial charge in [-0.05, 0) is 66.7 Å². The lowest BCUT2D eigenvalue weighted by Gasteiger charge is -2.09. The molecule has 10 heteroatoms. The average Bonchev–Trinajstić information content (AvgIpc) is 2.91. The third-order valence-corrected chi connectivity index (χ3v) is 4.99. The highest BCUT2D eigenvalue weighted by atomic mass is 16.3. The number of carbonyl (C=O) groups is 4. The standard InChI is InChI=1S/C26H26N4O6/c31-14-12-27-23(33)17-4-8-21(9-5-17)29-25(35)19-2-1-3-20(16-19)26(36)30-22-10-6-18(7-11-22)24(34)28-13-15-32/h1-11,16,31-32H,12-15H2,(H,27,33)(H,28,34)(H,29,35)(H,30,36). The molecule has 0 aliphatic heterocycles. The first-order chi connectivity index (χ1) is 17.4. The van der Waals surface area contributed by atoms with Gasteiger partial charge in [-0.25, -0.2) is 0 Å². The van der Waals surface area contributed by atoms with Crippen LogP contribution in [-0.4, -0.2) is 60.1 Å². The lowest BCUT2D eigenvalue weighted by molar-refractivity contribution is 0.0937. The first kappa shape index (κ1) is 26.1. The van der Waals surface area contributed by atoms with E-state index >= 15 is 0 Å². The molecule has 0 saturated heterocycles. The van der Waals surface area contributed by atoms with Crippen molar-refractivity contribution >= 4 is 35.0 Å². The third kappa shape index (κ3) is 7.23. The van der Waals surface area contributed by atoms with Crippen LogP contribution in [0.1, 0.15) is 41.4 Å². The van der Waals surface area contributed by atoms with Gasteiger partial charge in [0.2, 0.25) is 0 Å². The molecule has 0 atom stereocenters. The van der Waals surface area contributed by atoms with E-state index in [1.807, 2.05) is 0 Å². The smallest absolute Gasteiger partial charge is 0.255 e. The number of benzene rings is 3. The zero-order valence-corrected chi connectivity index (χ0v) is 19.3. The Bertz CT molecular complexity index is 1130. The maximum atomic E-state index is 12.7. The molecule has 10 nitrogen and oxygen atoms in total. The third-order valence-electron chi connectivity index (χ3n) is 4.99. The van der Waals surface area contributed by atoms with Crippen LogP contribution in [0.4, 0.5) is 11.4 Å². The van der Waals surface area contributed by atoms with Gasteiger partial charge in [0.15, 0.2) is 0 Å². The molecule has 0 aliphatic carbocycles. The molecule has 4 amide bonds. The van der Waals surface area contributed by atoms with E-state index in [1.165, 1.54) is 6.07 Å². The summed E-state index contributed by atoms with van der Waals surface area (Å²) in [6.45, 7) is -0.0214. The van der Waals surface area contributed by atoms with Gasteiger partial charge in [0.25, 0.3) is 23.6 Å². The Kier molecular flexibility index (Phi) is 9.26. The van der Waals surface area contributed by atoms with Crippen LogP contribution in [0, 0.1) is 0 Å². The number of amides is 4. The van der Waals surface area contributed by atoms with E-state index in [-0.39, 0.29) is 49.2 Å². The second-order valence-corrected chi connectivity index (χ2v) is 7.60. The molecule has 3 aromatic rings. The molecule has 0 radical (unpaired) electrons. The second-order valence-electron chi connectivity index (χ2n) is 7.60. The van der Waals surface area contributed by atoms with Crippen molar-refractivity contribution in [2.45, 2.75) is 0 Å². The first-order valence-corrected chi connectivity index (χ1v) is 11.1. The monoisotopic (exact) mass is 490 g/mol. The predicted octanol–water partition coefficient (Wildman–Crippen LogP) is 1.64. The highest BCUT2D eigenvalue weighted by molar-refractivity contribution is 6.09. The molecule has 0 aliphatic rings. The van der Waals surface area contributed by atoms with Crippen molar-refractivity contribution in [1.29, 1.82) is 0 Å². The predicted molar refractivity (Wildman–Crippen MR) is 134 cm³/mol. The molecule has 6 N–H and O–H groups in total. The van der Waals surface area contributed by atoms with Gasteiger partial charge in [0, 0.05) is 46.7 Å². The van der Waals surface area contributed by atoms with Crippen molar-refractivity contribution in [1.82, 2.24) is 10.6 Å². The normalized spacial score (nSPS) is 10.3. The van der Waals surface area contributed by atoms with Gasteiger partial charge in [0.05, 0.1) is 13.2 Å². The summed E-state index contributed by atoms with van der Waals surface area (Å²) >= 11 is 0. The Labute approximate surface area is 207 Å². The number of nitrogens with one attached hydrogen (secondary N) is 4. The summed E-state index contributed by atoms with van der Waals surface area (Å²) in [7, 11) is 0. The average molecular weight is 491 g/mol. The van der Waals surface area contributed by atoms with Crippen LogP contribution in [0.5, 0.6) is 0 Å². The van der Waals surface area contributed by atoms with E-state index in [4.69, 9.17) is 10.2 Å². The molecule has 0 saturated carbocycles. The zero-order valence-electron chi connectivity index (χ0n) is 19.3. The van der Waals surface area contributed by atoms with Gasteiger partial charge in [0.1, 0.15) is 0 Å². The molecule has 3 rings (SSSR count). The van der Waals surface area contributed by atoms with Crippen LogP contribution in [0.25, 0.3) is 0 Å². The number of hydrogen-bond donors (Lipinski definition) is 6. The summed E-state index contributed by atoms with van der Waals surface area (Å²) in [5.41, 5.74) is 2.25. The molecule has 3 aromatic carbocycles. The Hall–Kier alpha value is -4.54. The lowest BCUT2D eigenvalue weighted by atomic mass is 10.1. The summed E-state index contributed by atoms with van der Waals surface area (Å²) in [6, 6.07) is 18.7. The van der Waals surface area contributed by atoms with Crippen molar-refractivity contribution < 1.29 is 29.4 Å².